The van der Waals surface area contributed by atoms with Gasteiger partial charge in [-0.2, -0.15) is 0 Å². The number of halogens is 1. The third kappa shape index (κ3) is 9.64. The number of hydrogen-bond acceptors (Lipinski definition) is 2. The summed E-state index contributed by atoms with van der Waals surface area (Å²) in [4.78, 5) is 11.0. The highest BCUT2D eigenvalue weighted by Crippen LogP contribution is 1.95. The van der Waals surface area contributed by atoms with Crippen molar-refractivity contribution >= 4 is 17.5 Å². The van der Waals surface area contributed by atoms with Gasteiger partial charge in [0.15, 0.2) is 0 Å². The Hall–Kier alpha value is -0.280. The fraction of sp³-hybridized carbons (Fsp3) is 0.889. The first-order valence-corrected chi connectivity index (χ1v) is 5.21. The number of carbonyl (C=O) groups is 1. The van der Waals surface area contributed by atoms with Crippen LogP contribution in [0.5, 0.6) is 0 Å². The summed E-state index contributed by atoms with van der Waals surface area (Å²) >= 11 is 5.44. The monoisotopic (exact) mass is 207 g/mol. The first-order valence-electron chi connectivity index (χ1n) is 4.67. The van der Waals surface area contributed by atoms with Crippen LogP contribution in [0.15, 0.2) is 0 Å². The summed E-state index contributed by atoms with van der Waals surface area (Å²) in [6.45, 7) is 2.39. The van der Waals surface area contributed by atoms with Crippen LogP contribution in [0.4, 0.5) is 0 Å². The first-order chi connectivity index (χ1) is 6.16. The molecule has 0 aliphatic heterocycles. The Balaban J connectivity index is 3.17. The van der Waals surface area contributed by atoms with Gasteiger partial charge in [0.25, 0.3) is 0 Å². The SMILES string of the molecule is CC(O)CCCNC(=O)CCCCl. The van der Waals surface area contributed by atoms with Crippen molar-refractivity contribution in [3.8, 4) is 0 Å². The Morgan fingerprint density at radius 1 is 1.54 bits per heavy atom. The second-order valence-corrected chi connectivity index (χ2v) is 3.51. The van der Waals surface area contributed by atoms with Gasteiger partial charge in [0.05, 0.1) is 6.10 Å². The number of carbonyl (C=O) groups excluding carboxylic acids is 1. The molecule has 1 atom stereocenters. The quantitative estimate of drug-likeness (QED) is 0.488. The topological polar surface area (TPSA) is 49.3 Å². The van der Waals surface area contributed by atoms with E-state index in [0.717, 1.165) is 19.3 Å². The van der Waals surface area contributed by atoms with Crippen LogP contribution in [0.25, 0.3) is 0 Å². The Labute approximate surface area is 84.5 Å². The van der Waals surface area contributed by atoms with Crippen LogP contribution < -0.4 is 5.32 Å². The second kappa shape index (κ2) is 8.32. The van der Waals surface area contributed by atoms with Crippen molar-refractivity contribution in [3.05, 3.63) is 0 Å². The van der Waals surface area contributed by atoms with Crippen molar-refractivity contribution in [2.45, 2.75) is 38.7 Å². The fourth-order valence-electron chi connectivity index (χ4n) is 0.941. The third-order valence-electron chi connectivity index (χ3n) is 1.66. The van der Waals surface area contributed by atoms with Gasteiger partial charge in [0, 0.05) is 18.8 Å². The largest absolute Gasteiger partial charge is 0.393 e. The minimum Gasteiger partial charge on any atom is -0.393 e. The summed E-state index contributed by atoms with van der Waals surface area (Å²) in [5, 5.41) is 11.7. The highest BCUT2D eigenvalue weighted by atomic mass is 35.5. The van der Waals surface area contributed by atoms with Crippen molar-refractivity contribution in [1.82, 2.24) is 5.32 Å². The molecule has 0 bridgehead atoms. The van der Waals surface area contributed by atoms with E-state index in [4.69, 9.17) is 16.7 Å². The fourth-order valence-corrected chi connectivity index (χ4v) is 1.07. The molecule has 3 nitrogen and oxygen atoms in total. The lowest BCUT2D eigenvalue weighted by atomic mass is 10.2. The molecule has 0 heterocycles. The first kappa shape index (κ1) is 12.7. The van der Waals surface area contributed by atoms with Crippen LogP contribution in [0.2, 0.25) is 0 Å². The van der Waals surface area contributed by atoms with Gasteiger partial charge in [-0.1, -0.05) is 0 Å². The normalized spacial score (nSPS) is 12.5. The van der Waals surface area contributed by atoms with E-state index in [-0.39, 0.29) is 12.0 Å². The van der Waals surface area contributed by atoms with Crippen LogP contribution in [0.3, 0.4) is 0 Å². The van der Waals surface area contributed by atoms with Gasteiger partial charge in [-0.15, -0.1) is 11.6 Å². The summed E-state index contributed by atoms with van der Waals surface area (Å²) in [6, 6.07) is 0. The number of nitrogens with one attached hydrogen (secondary N) is 1. The number of aliphatic hydroxyl groups excluding tert-OH is 1. The lowest BCUT2D eigenvalue weighted by molar-refractivity contribution is -0.121. The van der Waals surface area contributed by atoms with E-state index in [1.54, 1.807) is 6.92 Å². The number of alkyl halides is 1. The molecule has 2 N–H and O–H groups in total. The third-order valence-corrected chi connectivity index (χ3v) is 1.93. The van der Waals surface area contributed by atoms with Crippen LogP contribution in [-0.2, 0) is 4.79 Å². The highest BCUT2D eigenvalue weighted by molar-refractivity contribution is 6.17. The zero-order chi connectivity index (χ0) is 10.1. The molecule has 1 unspecified atom stereocenters. The maximum absolute atomic E-state index is 11.0. The smallest absolute Gasteiger partial charge is 0.220 e. The van der Waals surface area contributed by atoms with Crippen molar-refractivity contribution < 1.29 is 9.90 Å². The van der Waals surface area contributed by atoms with Crippen LogP contribution in [0.1, 0.15) is 32.6 Å². The molecule has 0 radical (unpaired) electrons. The molecule has 4 heteroatoms. The molecule has 0 aromatic heterocycles. The predicted octanol–water partition coefficient (Wildman–Crippen LogP) is 1.28. The maximum atomic E-state index is 11.0. The van der Waals surface area contributed by atoms with Gasteiger partial charge in [-0.25, -0.2) is 0 Å². The number of aliphatic hydroxyl groups is 1. The molecule has 0 spiro atoms. The number of hydrogen-bond donors (Lipinski definition) is 2. The molecule has 0 rings (SSSR count). The molecule has 0 aromatic carbocycles. The van der Waals surface area contributed by atoms with Crippen molar-refractivity contribution in [1.29, 1.82) is 0 Å². The summed E-state index contributed by atoms with van der Waals surface area (Å²) < 4.78 is 0. The molecule has 0 aliphatic carbocycles. The Kier molecular flexibility index (Phi) is 8.14. The molecule has 78 valence electrons. The maximum Gasteiger partial charge on any atom is 0.220 e. The van der Waals surface area contributed by atoms with Gasteiger partial charge in [-0.3, -0.25) is 4.79 Å². The molecule has 13 heavy (non-hydrogen) atoms. The van der Waals surface area contributed by atoms with Gasteiger partial charge in [0.1, 0.15) is 0 Å². The molecular formula is C9H18ClNO2. The Morgan fingerprint density at radius 2 is 2.23 bits per heavy atom. The van der Waals surface area contributed by atoms with E-state index in [1.165, 1.54) is 0 Å². The van der Waals surface area contributed by atoms with E-state index in [2.05, 4.69) is 5.32 Å². The lowest BCUT2D eigenvalue weighted by Crippen LogP contribution is -2.24. The second-order valence-electron chi connectivity index (χ2n) is 3.13. The predicted molar refractivity (Wildman–Crippen MR) is 53.9 cm³/mol. The van der Waals surface area contributed by atoms with E-state index in [0.29, 0.717) is 18.8 Å². The molecule has 0 aromatic rings. The minimum atomic E-state index is -0.278. The number of rotatable bonds is 7. The lowest BCUT2D eigenvalue weighted by Gasteiger charge is -2.05. The van der Waals surface area contributed by atoms with E-state index in [9.17, 15) is 4.79 Å². The summed E-state index contributed by atoms with van der Waals surface area (Å²) in [5.74, 6) is 0.576. The van der Waals surface area contributed by atoms with E-state index >= 15 is 0 Å². The van der Waals surface area contributed by atoms with Gasteiger partial charge in [0.2, 0.25) is 5.91 Å². The van der Waals surface area contributed by atoms with Gasteiger partial charge >= 0.3 is 0 Å². The number of amides is 1. The average Bonchev–Trinajstić information content (AvgIpc) is 2.08. The molecule has 0 saturated carbocycles. The van der Waals surface area contributed by atoms with Gasteiger partial charge < -0.3 is 10.4 Å². The molecule has 0 aliphatic rings. The summed E-state index contributed by atoms with van der Waals surface area (Å²) in [6.07, 6.45) is 2.50. The molecule has 1 amide bonds. The van der Waals surface area contributed by atoms with Crippen molar-refractivity contribution in [2.24, 2.45) is 0 Å². The minimum absolute atomic E-state index is 0.0474. The van der Waals surface area contributed by atoms with Crippen LogP contribution >= 0.6 is 11.6 Å². The summed E-state index contributed by atoms with van der Waals surface area (Å²) in [7, 11) is 0. The Morgan fingerprint density at radius 3 is 2.77 bits per heavy atom. The zero-order valence-electron chi connectivity index (χ0n) is 8.05. The average molecular weight is 208 g/mol. The van der Waals surface area contributed by atoms with Crippen LogP contribution in [-0.4, -0.2) is 29.5 Å². The highest BCUT2D eigenvalue weighted by Gasteiger charge is 2.00. The Bertz CT molecular complexity index is 140. The van der Waals surface area contributed by atoms with Gasteiger partial charge in [-0.05, 0) is 26.2 Å². The molecule has 0 saturated heterocycles. The standard InChI is InChI=1S/C9H18ClNO2/c1-8(12)4-3-7-11-9(13)5-2-6-10/h8,12H,2-7H2,1H3,(H,11,13). The molecular weight excluding hydrogens is 190 g/mol. The van der Waals surface area contributed by atoms with Crippen molar-refractivity contribution in [2.75, 3.05) is 12.4 Å². The van der Waals surface area contributed by atoms with Crippen LogP contribution in [0, 0.1) is 0 Å². The molecule has 0 fully saturated rings. The summed E-state index contributed by atoms with van der Waals surface area (Å²) in [5.41, 5.74) is 0. The van der Waals surface area contributed by atoms with E-state index in [1.807, 2.05) is 0 Å². The van der Waals surface area contributed by atoms with E-state index < -0.39 is 0 Å². The zero-order valence-corrected chi connectivity index (χ0v) is 8.81. The van der Waals surface area contributed by atoms with Crippen molar-refractivity contribution in [3.63, 3.8) is 0 Å².